The van der Waals surface area contributed by atoms with Crippen molar-refractivity contribution in [2.45, 2.75) is 38.0 Å². The third-order valence-corrected chi connectivity index (χ3v) is 4.26. The van der Waals surface area contributed by atoms with E-state index in [1.165, 1.54) is 12.1 Å². The van der Waals surface area contributed by atoms with Crippen molar-refractivity contribution in [2.75, 3.05) is 0 Å². The van der Waals surface area contributed by atoms with Crippen molar-refractivity contribution in [1.29, 1.82) is 0 Å². The number of benzene rings is 2. The Balaban J connectivity index is 2.38. The lowest BCUT2D eigenvalue weighted by Crippen LogP contribution is -2.20. The molecule has 0 spiro atoms. The normalized spacial score (nSPS) is 11.4. The van der Waals surface area contributed by atoms with Crippen LogP contribution in [0.2, 0.25) is 0 Å². The minimum Gasteiger partial charge on any atom is -0.394 e. The number of carbonyl (C=O) groups is 1. The lowest BCUT2D eigenvalue weighted by molar-refractivity contribution is -0.139. The van der Waals surface area contributed by atoms with Crippen molar-refractivity contribution in [1.82, 2.24) is 0 Å². The number of hydrogen-bond acceptors (Lipinski definition) is 3. The lowest BCUT2D eigenvalue weighted by Gasteiger charge is -2.18. The molecule has 0 bridgehead atoms. The summed E-state index contributed by atoms with van der Waals surface area (Å²) in [4.78, 5) is 12.1. The largest absolute Gasteiger partial charge is 0.519 e. The second kappa shape index (κ2) is 10.1. The molecule has 0 N–H and O–H groups in total. The Hall–Kier alpha value is -3.59. The van der Waals surface area contributed by atoms with E-state index in [9.17, 15) is 31.1 Å². The first-order valence-electron chi connectivity index (χ1n) is 9.13. The maximum atomic E-state index is 13.6. The fourth-order valence-corrected chi connectivity index (χ4v) is 3.00. The van der Waals surface area contributed by atoms with Gasteiger partial charge in [-0.3, -0.25) is 0 Å². The highest BCUT2D eigenvalue weighted by atomic mass is 19.4. The van der Waals surface area contributed by atoms with E-state index in [0.29, 0.717) is 0 Å². The first-order chi connectivity index (χ1) is 15.0. The molecule has 0 aromatic heterocycles. The van der Waals surface area contributed by atoms with Crippen LogP contribution in [0.4, 0.5) is 31.1 Å². The second-order valence-corrected chi connectivity index (χ2v) is 6.44. The van der Waals surface area contributed by atoms with Gasteiger partial charge < -0.3 is 9.47 Å². The molecule has 0 saturated heterocycles. The number of rotatable bonds is 6. The molecule has 2 aromatic rings. The van der Waals surface area contributed by atoms with Crippen LogP contribution in [0.25, 0.3) is 0 Å². The quantitative estimate of drug-likeness (QED) is 0.218. The highest BCUT2D eigenvalue weighted by molar-refractivity contribution is 5.69. The molecule has 0 saturated carbocycles. The molecule has 0 atom stereocenters. The Morgan fingerprint density at radius 1 is 0.750 bits per heavy atom. The number of hydrogen-bond donors (Lipinski definition) is 0. The highest BCUT2D eigenvalue weighted by Crippen LogP contribution is 2.41. The molecule has 0 aliphatic heterocycles. The fourth-order valence-electron chi connectivity index (χ4n) is 3.00. The number of aryl methyl sites for hydroxylation is 2. The van der Waals surface area contributed by atoms with Crippen LogP contribution >= 0.6 is 0 Å². The molecule has 3 nitrogen and oxygen atoms in total. The van der Waals surface area contributed by atoms with Crippen molar-refractivity contribution >= 4 is 6.16 Å². The zero-order chi connectivity index (χ0) is 23.9. The molecule has 0 unspecified atom stereocenters. The van der Waals surface area contributed by atoms with Crippen LogP contribution in [0.5, 0.6) is 11.5 Å². The van der Waals surface area contributed by atoms with Crippen molar-refractivity contribution in [3.8, 4) is 36.2 Å². The number of carbonyl (C=O) groups excluding carboxylic acids is 1. The number of alkyl halides is 6. The minimum atomic E-state index is -4.91. The van der Waals surface area contributed by atoms with Gasteiger partial charge in [0.1, 0.15) is 22.6 Å². The summed E-state index contributed by atoms with van der Waals surface area (Å²) in [6, 6.07) is 6.44. The third kappa shape index (κ3) is 6.21. The summed E-state index contributed by atoms with van der Waals surface area (Å²) in [6.07, 6.45) is -1.69. The van der Waals surface area contributed by atoms with E-state index in [4.69, 9.17) is 12.8 Å². The van der Waals surface area contributed by atoms with Gasteiger partial charge in [-0.1, -0.05) is 24.3 Å². The molecule has 0 amide bonds. The summed E-state index contributed by atoms with van der Waals surface area (Å²) in [5.41, 5.74) is -2.97. The van der Waals surface area contributed by atoms with Crippen molar-refractivity contribution < 1.29 is 40.6 Å². The zero-order valence-corrected chi connectivity index (χ0v) is 16.4. The minimum absolute atomic E-state index is 0.00360. The molecular formula is C23H16F6O3. The molecule has 2 aromatic carbocycles. The average molecular weight is 454 g/mol. The maximum Gasteiger partial charge on any atom is 0.519 e. The van der Waals surface area contributed by atoms with E-state index in [1.54, 1.807) is 0 Å². The monoisotopic (exact) mass is 454 g/mol. The Morgan fingerprint density at radius 2 is 1.12 bits per heavy atom. The lowest BCUT2D eigenvalue weighted by atomic mass is 10.0. The van der Waals surface area contributed by atoms with Crippen molar-refractivity contribution in [3.63, 3.8) is 0 Å². The standard InChI is InChI=1S/C23H16F6O3/c1-3-5-9-15-11-7-13-17(19(15)22(24,25)26)31-21(30)32-18-14-8-12-16(10-6-4-2)20(18)23(27,28)29/h1-2,7-8,11-14H,5-6,9-10H2. The van der Waals surface area contributed by atoms with Crippen LogP contribution in [0.15, 0.2) is 36.4 Å². The predicted molar refractivity (Wildman–Crippen MR) is 104 cm³/mol. The molecule has 9 heteroatoms. The van der Waals surface area contributed by atoms with E-state index < -0.39 is 41.1 Å². The second-order valence-electron chi connectivity index (χ2n) is 6.44. The molecule has 0 aliphatic carbocycles. The Morgan fingerprint density at radius 3 is 1.44 bits per heavy atom. The molecule has 0 radical (unpaired) electrons. The first-order valence-corrected chi connectivity index (χ1v) is 9.13. The van der Waals surface area contributed by atoms with Crippen LogP contribution in [0.1, 0.15) is 35.1 Å². The van der Waals surface area contributed by atoms with Crippen molar-refractivity contribution in [3.05, 3.63) is 58.7 Å². The smallest absolute Gasteiger partial charge is 0.394 e. The van der Waals surface area contributed by atoms with E-state index in [1.807, 2.05) is 0 Å². The fraction of sp³-hybridized carbons (Fsp3) is 0.261. The summed E-state index contributed by atoms with van der Waals surface area (Å²) in [6.45, 7) is 0. The van der Waals surface area contributed by atoms with E-state index in [-0.39, 0.29) is 36.8 Å². The van der Waals surface area contributed by atoms with E-state index >= 15 is 0 Å². The SMILES string of the molecule is C#CCCc1cccc(OC(=O)Oc2cccc(CCC#C)c2C(F)(F)F)c1C(F)(F)F. The van der Waals surface area contributed by atoms with Gasteiger partial charge >= 0.3 is 18.5 Å². The summed E-state index contributed by atoms with van der Waals surface area (Å²) < 4.78 is 90.6. The van der Waals surface area contributed by atoms with Gasteiger partial charge in [0.05, 0.1) is 0 Å². The molecule has 0 heterocycles. The number of halogens is 6. The van der Waals surface area contributed by atoms with Gasteiger partial charge in [0.25, 0.3) is 0 Å². The van der Waals surface area contributed by atoms with Crippen LogP contribution in [-0.2, 0) is 25.2 Å². The van der Waals surface area contributed by atoms with Crippen LogP contribution in [-0.4, -0.2) is 6.16 Å². The van der Waals surface area contributed by atoms with Gasteiger partial charge in [0.2, 0.25) is 0 Å². The van der Waals surface area contributed by atoms with E-state index in [2.05, 4.69) is 21.3 Å². The summed E-state index contributed by atoms with van der Waals surface area (Å²) in [5.74, 6) is 2.60. The highest BCUT2D eigenvalue weighted by Gasteiger charge is 2.39. The van der Waals surface area contributed by atoms with Gasteiger partial charge in [0.15, 0.2) is 0 Å². The Bertz CT molecular complexity index is 972. The van der Waals surface area contributed by atoms with Gasteiger partial charge in [-0.05, 0) is 36.1 Å². The Kier molecular flexibility index (Phi) is 7.82. The van der Waals surface area contributed by atoms with Crippen LogP contribution < -0.4 is 9.47 Å². The van der Waals surface area contributed by atoms with Gasteiger partial charge in [-0.25, -0.2) is 4.79 Å². The topological polar surface area (TPSA) is 35.5 Å². The molecule has 2 rings (SSSR count). The first kappa shape index (κ1) is 24.7. The number of terminal acetylenes is 2. The van der Waals surface area contributed by atoms with Gasteiger partial charge in [-0.15, -0.1) is 24.7 Å². The molecule has 32 heavy (non-hydrogen) atoms. The van der Waals surface area contributed by atoms with Crippen LogP contribution in [0, 0.1) is 24.7 Å². The zero-order valence-electron chi connectivity index (χ0n) is 16.4. The molecule has 0 aliphatic rings. The maximum absolute atomic E-state index is 13.6. The summed E-state index contributed by atoms with van der Waals surface area (Å²) in [7, 11) is 0. The van der Waals surface area contributed by atoms with E-state index in [0.717, 1.165) is 24.3 Å². The van der Waals surface area contributed by atoms with Crippen LogP contribution in [0.3, 0.4) is 0 Å². The summed E-state index contributed by atoms with van der Waals surface area (Å²) >= 11 is 0. The number of ether oxygens (including phenoxy) is 2. The predicted octanol–water partition coefficient (Wildman–Crippen LogP) is 6.43. The summed E-state index contributed by atoms with van der Waals surface area (Å²) in [5, 5.41) is 0. The van der Waals surface area contributed by atoms with Crippen molar-refractivity contribution in [2.24, 2.45) is 0 Å². The third-order valence-electron chi connectivity index (χ3n) is 4.26. The average Bonchev–Trinajstić information content (AvgIpc) is 2.68. The molecule has 168 valence electrons. The van der Waals surface area contributed by atoms with Gasteiger partial charge in [-0.2, -0.15) is 26.3 Å². The molecule has 0 fully saturated rings. The molecular weight excluding hydrogens is 438 g/mol. The Labute approximate surface area is 180 Å². The van der Waals surface area contributed by atoms with Gasteiger partial charge in [0, 0.05) is 12.8 Å².